The molecular weight excluding hydrogens is 458 g/mol. The maximum absolute atomic E-state index is 13.0. The van der Waals surface area contributed by atoms with Gasteiger partial charge in [0.2, 0.25) is 0 Å². The topological polar surface area (TPSA) is 118 Å². The van der Waals surface area contributed by atoms with Gasteiger partial charge in [0.05, 0.1) is 10.5 Å². The molecular formula is C24H25N3O4S2. The van der Waals surface area contributed by atoms with Gasteiger partial charge in [-0.3, -0.25) is 14.3 Å². The molecule has 0 saturated heterocycles. The van der Waals surface area contributed by atoms with E-state index in [1.54, 1.807) is 30.3 Å². The Morgan fingerprint density at radius 1 is 1.00 bits per heavy atom. The molecule has 1 aliphatic carbocycles. The highest BCUT2D eigenvalue weighted by Crippen LogP contribution is 2.37. The summed E-state index contributed by atoms with van der Waals surface area (Å²) in [6.07, 6.45) is 4.78. The van der Waals surface area contributed by atoms with Crippen molar-refractivity contribution in [2.75, 3.05) is 10.0 Å². The number of anilines is 2. The van der Waals surface area contributed by atoms with Gasteiger partial charge in [0.25, 0.3) is 21.8 Å². The normalized spacial score (nSPS) is 13.6. The molecule has 0 saturated carbocycles. The third-order valence-corrected chi connectivity index (χ3v) is 8.21. The quantitative estimate of drug-likeness (QED) is 0.448. The first-order valence-electron chi connectivity index (χ1n) is 10.7. The van der Waals surface area contributed by atoms with E-state index >= 15 is 0 Å². The summed E-state index contributed by atoms with van der Waals surface area (Å²) in [5.41, 5.74) is 8.46. The number of fused-ring (bicyclic) bond motifs is 1. The first-order valence-corrected chi connectivity index (χ1v) is 13.0. The SMILES string of the molecule is Cc1ccc(S(=O)(=O)Nc2cccc(C(=O)Nc3sc4c(c3C(N)=O)CCCCC4)c2)cc1. The zero-order chi connectivity index (χ0) is 23.6. The second-order valence-corrected chi connectivity index (χ2v) is 10.9. The van der Waals surface area contributed by atoms with Crippen LogP contribution in [0.1, 0.15) is 56.0 Å². The van der Waals surface area contributed by atoms with Crippen LogP contribution < -0.4 is 15.8 Å². The minimum absolute atomic E-state index is 0.133. The zero-order valence-corrected chi connectivity index (χ0v) is 19.8. The largest absolute Gasteiger partial charge is 0.365 e. The lowest BCUT2D eigenvalue weighted by atomic mass is 10.1. The van der Waals surface area contributed by atoms with Crippen LogP contribution >= 0.6 is 11.3 Å². The van der Waals surface area contributed by atoms with Crippen LogP contribution in [0.25, 0.3) is 0 Å². The molecule has 1 heterocycles. The van der Waals surface area contributed by atoms with E-state index in [-0.39, 0.29) is 16.1 Å². The summed E-state index contributed by atoms with van der Waals surface area (Å²) in [6, 6.07) is 12.7. The minimum Gasteiger partial charge on any atom is -0.365 e. The number of nitrogens with one attached hydrogen (secondary N) is 2. The summed E-state index contributed by atoms with van der Waals surface area (Å²) in [6.45, 7) is 1.88. The highest BCUT2D eigenvalue weighted by atomic mass is 32.2. The second kappa shape index (κ2) is 9.36. The summed E-state index contributed by atoms with van der Waals surface area (Å²) in [7, 11) is -3.80. The summed E-state index contributed by atoms with van der Waals surface area (Å²) >= 11 is 1.39. The molecule has 1 aromatic heterocycles. The van der Waals surface area contributed by atoms with Gasteiger partial charge in [0.1, 0.15) is 5.00 Å². The Bertz CT molecular complexity index is 1310. The number of aryl methyl sites for hydroxylation is 2. The van der Waals surface area contributed by atoms with E-state index in [0.717, 1.165) is 48.1 Å². The van der Waals surface area contributed by atoms with Gasteiger partial charge in [-0.15, -0.1) is 11.3 Å². The first kappa shape index (κ1) is 23.0. The van der Waals surface area contributed by atoms with Crippen molar-refractivity contribution >= 4 is 43.9 Å². The monoisotopic (exact) mass is 483 g/mol. The summed E-state index contributed by atoms with van der Waals surface area (Å²) in [5, 5.41) is 3.26. The molecule has 4 N–H and O–H groups in total. The van der Waals surface area contributed by atoms with Crippen molar-refractivity contribution in [1.29, 1.82) is 0 Å². The van der Waals surface area contributed by atoms with Gasteiger partial charge < -0.3 is 11.1 Å². The molecule has 172 valence electrons. The van der Waals surface area contributed by atoms with Gasteiger partial charge in [-0.2, -0.15) is 0 Å². The molecule has 4 rings (SSSR count). The number of nitrogens with two attached hydrogens (primary N) is 1. The molecule has 2 amide bonds. The van der Waals surface area contributed by atoms with Crippen LogP contribution in [0.5, 0.6) is 0 Å². The number of thiophene rings is 1. The lowest BCUT2D eigenvalue weighted by molar-refractivity contribution is 0.100. The van der Waals surface area contributed by atoms with Crippen LogP contribution in [0.3, 0.4) is 0 Å². The van der Waals surface area contributed by atoms with E-state index in [0.29, 0.717) is 10.6 Å². The minimum atomic E-state index is -3.80. The first-order chi connectivity index (χ1) is 15.7. The molecule has 7 nitrogen and oxygen atoms in total. The van der Waals surface area contributed by atoms with Crippen LogP contribution in [0.15, 0.2) is 53.4 Å². The molecule has 0 spiro atoms. The van der Waals surface area contributed by atoms with Crippen molar-refractivity contribution in [3.05, 3.63) is 75.7 Å². The standard InChI is InChI=1S/C24H25N3O4S2/c1-15-10-12-18(13-11-15)33(30,31)27-17-7-5-6-16(14-17)23(29)26-24-21(22(25)28)19-8-3-2-4-9-20(19)32-24/h5-7,10-14,27H,2-4,8-9H2,1H3,(H2,25,28)(H,26,29). The van der Waals surface area contributed by atoms with E-state index in [1.165, 1.54) is 29.5 Å². The van der Waals surface area contributed by atoms with Gasteiger partial charge in [-0.25, -0.2) is 8.42 Å². The average Bonchev–Trinajstić information content (AvgIpc) is 2.94. The van der Waals surface area contributed by atoms with Gasteiger partial charge in [0.15, 0.2) is 0 Å². The fourth-order valence-electron chi connectivity index (χ4n) is 3.92. The highest BCUT2D eigenvalue weighted by Gasteiger charge is 2.24. The third-order valence-electron chi connectivity index (χ3n) is 5.60. The molecule has 0 bridgehead atoms. The Morgan fingerprint density at radius 2 is 1.73 bits per heavy atom. The summed E-state index contributed by atoms with van der Waals surface area (Å²) < 4.78 is 27.9. The van der Waals surface area contributed by atoms with Gasteiger partial charge in [0, 0.05) is 16.1 Å². The number of hydrogen-bond acceptors (Lipinski definition) is 5. The number of amides is 2. The van der Waals surface area contributed by atoms with Crippen molar-refractivity contribution in [3.63, 3.8) is 0 Å². The average molecular weight is 484 g/mol. The summed E-state index contributed by atoms with van der Waals surface area (Å²) in [4.78, 5) is 26.3. The van der Waals surface area contributed by atoms with Crippen LogP contribution in [-0.4, -0.2) is 20.2 Å². The van der Waals surface area contributed by atoms with Crippen LogP contribution in [-0.2, 0) is 22.9 Å². The van der Waals surface area contributed by atoms with Gasteiger partial charge >= 0.3 is 0 Å². The Labute approximate surface area is 197 Å². The van der Waals surface area contributed by atoms with E-state index in [9.17, 15) is 18.0 Å². The van der Waals surface area contributed by atoms with Crippen molar-refractivity contribution in [1.82, 2.24) is 0 Å². The Morgan fingerprint density at radius 3 is 2.45 bits per heavy atom. The third kappa shape index (κ3) is 5.09. The van der Waals surface area contributed by atoms with E-state index in [4.69, 9.17) is 5.73 Å². The van der Waals surface area contributed by atoms with Crippen molar-refractivity contribution in [3.8, 4) is 0 Å². The number of carbonyl (C=O) groups excluding carboxylic acids is 2. The predicted molar refractivity (Wildman–Crippen MR) is 130 cm³/mol. The number of hydrogen-bond donors (Lipinski definition) is 3. The Balaban J connectivity index is 1.56. The zero-order valence-electron chi connectivity index (χ0n) is 18.2. The van der Waals surface area contributed by atoms with E-state index in [2.05, 4.69) is 10.0 Å². The van der Waals surface area contributed by atoms with E-state index in [1.807, 2.05) is 6.92 Å². The smallest absolute Gasteiger partial charge is 0.261 e. The fourth-order valence-corrected chi connectivity index (χ4v) is 6.26. The van der Waals surface area contributed by atoms with Crippen LogP contribution in [0, 0.1) is 6.92 Å². The number of rotatable bonds is 6. The van der Waals surface area contributed by atoms with Crippen molar-refractivity contribution in [2.24, 2.45) is 5.73 Å². The Hall–Kier alpha value is -3.17. The maximum Gasteiger partial charge on any atom is 0.261 e. The molecule has 9 heteroatoms. The van der Waals surface area contributed by atoms with Gasteiger partial charge in [-0.1, -0.05) is 30.2 Å². The Kier molecular flexibility index (Phi) is 6.53. The molecule has 0 aliphatic heterocycles. The second-order valence-electron chi connectivity index (χ2n) is 8.09. The number of primary amides is 1. The molecule has 1 aliphatic rings. The molecule has 3 aromatic rings. The molecule has 0 fully saturated rings. The van der Waals surface area contributed by atoms with Gasteiger partial charge in [-0.05, 0) is 68.5 Å². The highest BCUT2D eigenvalue weighted by molar-refractivity contribution is 7.92. The number of carbonyl (C=O) groups is 2. The predicted octanol–water partition coefficient (Wildman–Crippen LogP) is 4.48. The van der Waals surface area contributed by atoms with Crippen LogP contribution in [0.4, 0.5) is 10.7 Å². The molecule has 0 radical (unpaired) electrons. The molecule has 0 atom stereocenters. The number of benzene rings is 2. The van der Waals surface area contributed by atoms with Crippen LogP contribution in [0.2, 0.25) is 0 Å². The molecule has 2 aromatic carbocycles. The van der Waals surface area contributed by atoms with Crippen molar-refractivity contribution < 1.29 is 18.0 Å². The molecule has 0 unspecified atom stereocenters. The molecule has 33 heavy (non-hydrogen) atoms. The summed E-state index contributed by atoms with van der Waals surface area (Å²) in [5.74, 6) is -0.991. The van der Waals surface area contributed by atoms with E-state index < -0.39 is 21.8 Å². The lowest BCUT2D eigenvalue weighted by Crippen LogP contribution is -2.18. The lowest BCUT2D eigenvalue weighted by Gasteiger charge is -2.10. The van der Waals surface area contributed by atoms with Crippen molar-refractivity contribution in [2.45, 2.75) is 43.9 Å². The fraction of sp³-hybridized carbons (Fsp3) is 0.250. The maximum atomic E-state index is 13.0. The number of sulfonamides is 1.